The zero-order valence-corrected chi connectivity index (χ0v) is 21.6. The summed E-state index contributed by atoms with van der Waals surface area (Å²) in [6, 6.07) is 19.5. The van der Waals surface area contributed by atoms with Gasteiger partial charge in [-0.05, 0) is 82.5 Å². The van der Waals surface area contributed by atoms with Gasteiger partial charge in [-0.1, -0.05) is 48.5 Å². The maximum absolute atomic E-state index is 11.7. The second kappa shape index (κ2) is 11.8. The minimum absolute atomic E-state index is 0.274. The van der Waals surface area contributed by atoms with Crippen LogP contribution in [0, 0.1) is 0 Å². The summed E-state index contributed by atoms with van der Waals surface area (Å²) in [4.78, 5) is 13.1. The number of ether oxygens (including phenoxy) is 2. The maximum Gasteiger partial charge on any atom is 0.333 e. The molecular weight excluding hydrogens is 490 g/mol. The Kier molecular flexibility index (Phi) is 8.11. The molecule has 1 N–H and O–H groups in total. The summed E-state index contributed by atoms with van der Waals surface area (Å²) in [5, 5.41) is 14.0. The molecule has 2 aliphatic rings. The van der Waals surface area contributed by atoms with Crippen molar-refractivity contribution in [2.24, 2.45) is 0 Å². The molecule has 7 heteroatoms. The smallest absolute Gasteiger partial charge is 0.333 e. The molecule has 2 aromatic carbocycles. The fraction of sp³-hybridized carbons (Fsp3) is 0.276. The second-order valence-electron chi connectivity index (χ2n) is 8.86. The Morgan fingerprint density at radius 3 is 2.69 bits per heavy atom. The van der Waals surface area contributed by atoms with Gasteiger partial charge in [0.15, 0.2) is 6.10 Å². The van der Waals surface area contributed by atoms with Gasteiger partial charge in [-0.15, -0.1) is 11.3 Å². The van der Waals surface area contributed by atoms with Gasteiger partial charge >= 0.3 is 5.97 Å². The summed E-state index contributed by atoms with van der Waals surface area (Å²) >= 11 is 3.61. The molecule has 0 amide bonds. The van der Waals surface area contributed by atoms with Crippen molar-refractivity contribution in [2.75, 3.05) is 13.2 Å². The van der Waals surface area contributed by atoms with Crippen LogP contribution in [0.2, 0.25) is 0 Å². The van der Waals surface area contributed by atoms with Gasteiger partial charge in [0.1, 0.15) is 5.75 Å². The van der Waals surface area contributed by atoms with E-state index in [0.29, 0.717) is 13.0 Å². The van der Waals surface area contributed by atoms with Crippen molar-refractivity contribution in [3.63, 3.8) is 0 Å². The molecule has 1 unspecified atom stereocenters. The fourth-order valence-electron chi connectivity index (χ4n) is 4.46. The van der Waals surface area contributed by atoms with Gasteiger partial charge in [0, 0.05) is 13.0 Å². The molecule has 0 radical (unpaired) electrons. The number of allylic oxidation sites excluding steroid dienone is 2. The maximum atomic E-state index is 11.7. The highest BCUT2D eigenvalue weighted by Crippen LogP contribution is 2.44. The van der Waals surface area contributed by atoms with Crippen molar-refractivity contribution in [2.45, 2.75) is 38.4 Å². The Labute approximate surface area is 220 Å². The number of nitrogens with zero attached hydrogens (tertiary/aromatic N) is 1. The first kappa shape index (κ1) is 24.7. The summed E-state index contributed by atoms with van der Waals surface area (Å²) in [5.41, 5.74) is 6.24. The van der Waals surface area contributed by atoms with E-state index in [4.69, 9.17) is 9.47 Å². The molecule has 1 aromatic heterocycles. The lowest BCUT2D eigenvalue weighted by Gasteiger charge is -2.23. The quantitative estimate of drug-likeness (QED) is 0.229. The summed E-state index contributed by atoms with van der Waals surface area (Å²) in [7, 11) is 0. The fourth-order valence-corrected chi connectivity index (χ4v) is 6.44. The van der Waals surface area contributed by atoms with E-state index in [1.165, 1.54) is 21.7 Å². The third-order valence-corrected chi connectivity index (χ3v) is 8.18. The predicted octanol–water partition coefficient (Wildman–Crippen LogP) is 6.56. The lowest BCUT2D eigenvalue weighted by Crippen LogP contribution is -2.26. The Bertz CT molecular complexity index is 1230. The highest BCUT2D eigenvalue weighted by Gasteiger charge is 2.27. The zero-order valence-electron chi connectivity index (χ0n) is 20.0. The van der Waals surface area contributed by atoms with Crippen molar-refractivity contribution in [1.29, 1.82) is 0 Å². The number of aliphatic carboxylic acids is 1. The highest BCUT2D eigenvalue weighted by atomic mass is 32.2. The van der Waals surface area contributed by atoms with Gasteiger partial charge in [0.25, 0.3) is 0 Å². The lowest BCUT2D eigenvalue weighted by atomic mass is 10.1. The topological polar surface area (TPSA) is 59.0 Å². The van der Waals surface area contributed by atoms with Crippen LogP contribution in [-0.2, 0) is 29.0 Å². The molecule has 2 heterocycles. The number of carbonyl (C=O) groups is 1. The summed E-state index contributed by atoms with van der Waals surface area (Å²) in [6.45, 7) is 1.82. The Balaban J connectivity index is 1.10. The number of carboxylic acid groups (broad SMARTS) is 1. The van der Waals surface area contributed by atoms with Gasteiger partial charge in [-0.2, -0.15) is 0 Å². The molecule has 3 aromatic rings. The van der Waals surface area contributed by atoms with Crippen molar-refractivity contribution < 1.29 is 19.4 Å². The number of thiophene rings is 1. The second-order valence-corrected chi connectivity index (χ2v) is 10.7. The van der Waals surface area contributed by atoms with Crippen molar-refractivity contribution in [1.82, 2.24) is 4.31 Å². The van der Waals surface area contributed by atoms with Crippen LogP contribution in [0.1, 0.15) is 34.4 Å². The van der Waals surface area contributed by atoms with Crippen LogP contribution < -0.4 is 4.74 Å². The largest absolute Gasteiger partial charge is 0.494 e. The van der Waals surface area contributed by atoms with Crippen molar-refractivity contribution in [3.05, 3.63) is 105 Å². The standard InChI is InChI=1S/C29H29NO4S2/c31-29(32)26(34-20-22-6-2-1-3-7-22)18-21-9-11-25(12-10-21)33-15-5-14-30-27-23(8-4-16-36-30)19-24-13-17-35-28(24)27/h1-4,6-7,9-13,16-17,26H,5,8,14-15,18-20H2,(H,31,32). The van der Waals surface area contributed by atoms with E-state index in [1.54, 1.807) is 11.9 Å². The van der Waals surface area contributed by atoms with Gasteiger partial charge < -0.3 is 18.9 Å². The van der Waals surface area contributed by atoms with Crippen LogP contribution in [-0.4, -0.2) is 34.6 Å². The number of rotatable bonds is 11. The van der Waals surface area contributed by atoms with Crippen molar-refractivity contribution >= 4 is 35.0 Å². The van der Waals surface area contributed by atoms with E-state index in [1.807, 2.05) is 65.9 Å². The van der Waals surface area contributed by atoms with E-state index in [2.05, 4.69) is 27.2 Å². The summed E-state index contributed by atoms with van der Waals surface area (Å²) in [5.74, 6) is -0.164. The first-order valence-electron chi connectivity index (χ1n) is 12.2. The van der Waals surface area contributed by atoms with Crippen LogP contribution in [0.25, 0.3) is 5.70 Å². The molecule has 1 aliphatic heterocycles. The highest BCUT2D eigenvalue weighted by molar-refractivity contribution is 8.00. The third kappa shape index (κ3) is 6.03. The molecule has 0 saturated carbocycles. The minimum Gasteiger partial charge on any atom is -0.494 e. The third-order valence-electron chi connectivity index (χ3n) is 6.29. The average molecular weight is 520 g/mol. The van der Waals surface area contributed by atoms with E-state index in [-0.39, 0.29) is 6.61 Å². The SMILES string of the molecule is O=C(O)C(Cc1ccc(OCCCN2SC=CCC3=C2c2sccc2C3)cc1)OCc1ccccc1. The molecule has 186 valence electrons. The van der Waals surface area contributed by atoms with E-state index in [0.717, 1.165) is 42.7 Å². The Hall–Kier alpha value is -3.00. The first-order valence-corrected chi connectivity index (χ1v) is 13.9. The monoisotopic (exact) mass is 519 g/mol. The van der Waals surface area contributed by atoms with Crippen LogP contribution >= 0.6 is 23.3 Å². The van der Waals surface area contributed by atoms with E-state index >= 15 is 0 Å². The molecule has 36 heavy (non-hydrogen) atoms. The van der Waals surface area contributed by atoms with Gasteiger partial charge in [-0.25, -0.2) is 4.79 Å². The number of fused-ring (bicyclic) bond motifs is 2. The van der Waals surface area contributed by atoms with Crippen LogP contribution in [0.3, 0.4) is 0 Å². The van der Waals surface area contributed by atoms with Crippen molar-refractivity contribution in [3.8, 4) is 5.75 Å². The molecule has 0 spiro atoms. The van der Waals surface area contributed by atoms with Crippen LogP contribution in [0.4, 0.5) is 0 Å². The molecule has 5 rings (SSSR count). The number of benzene rings is 2. The molecular formula is C29H29NO4S2. The Morgan fingerprint density at radius 1 is 1.06 bits per heavy atom. The average Bonchev–Trinajstić information content (AvgIpc) is 3.42. The minimum atomic E-state index is -0.956. The van der Waals surface area contributed by atoms with Gasteiger partial charge in [0.05, 0.1) is 23.8 Å². The molecule has 5 nitrogen and oxygen atoms in total. The van der Waals surface area contributed by atoms with Gasteiger partial charge in [0.2, 0.25) is 0 Å². The van der Waals surface area contributed by atoms with E-state index < -0.39 is 12.1 Å². The zero-order chi connectivity index (χ0) is 24.7. The normalized spacial score (nSPS) is 15.4. The molecule has 0 fully saturated rings. The first-order chi connectivity index (χ1) is 17.7. The van der Waals surface area contributed by atoms with E-state index in [9.17, 15) is 9.90 Å². The van der Waals surface area contributed by atoms with Gasteiger partial charge in [-0.3, -0.25) is 0 Å². The Morgan fingerprint density at radius 2 is 1.89 bits per heavy atom. The summed E-state index contributed by atoms with van der Waals surface area (Å²) in [6.07, 6.45) is 4.69. The van der Waals surface area contributed by atoms with Crippen LogP contribution in [0.5, 0.6) is 5.75 Å². The summed E-state index contributed by atoms with van der Waals surface area (Å²) < 4.78 is 14.1. The molecule has 1 aliphatic carbocycles. The predicted molar refractivity (Wildman–Crippen MR) is 146 cm³/mol. The molecule has 1 atom stereocenters. The number of hydrogen-bond acceptors (Lipinski definition) is 6. The number of carboxylic acids is 1. The molecule has 0 bridgehead atoms. The van der Waals surface area contributed by atoms with Crippen LogP contribution in [0.15, 0.2) is 83.1 Å². The number of hydrogen-bond donors (Lipinski definition) is 1. The lowest BCUT2D eigenvalue weighted by molar-refractivity contribution is -0.151. The molecule has 0 saturated heterocycles.